The molecule has 0 bridgehead atoms. The second-order valence-electron chi connectivity index (χ2n) is 3.23. The molecule has 1 unspecified atom stereocenters. The van der Waals surface area contributed by atoms with Gasteiger partial charge in [-0.1, -0.05) is 0 Å². The molecule has 0 saturated carbocycles. The van der Waals surface area contributed by atoms with Crippen LogP contribution in [0, 0.1) is 11.6 Å². The number of carbonyl (C=O) groups excluding carboxylic acids is 1. The maximum atomic E-state index is 13.5. The minimum Gasteiger partial charge on any atom is -0.497 e. The van der Waals surface area contributed by atoms with E-state index in [0.717, 1.165) is 12.1 Å². The van der Waals surface area contributed by atoms with E-state index < -0.39 is 29.2 Å². The van der Waals surface area contributed by atoms with Gasteiger partial charge in [0.05, 0.1) is 19.3 Å². The lowest BCUT2D eigenvalue weighted by Gasteiger charge is -2.13. The number of hydrogen-bond donors (Lipinski definition) is 1. The summed E-state index contributed by atoms with van der Waals surface area (Å²) in [5.74, 6) is -2.75. The first kappa shape index (κ1) is 13.4. The molecule has 0 saturated heterocycles. The molecule has 1 rings (SSSR count). The molecule has 0 radical (unpaired) electrons. The molecule has 6 heteroatoms. The fourth-order valence-corrected chi connectivity index (χ4v) is 1.33. The van der Waals surface area contributed by atoms with Crippen molar-refractivity contribution in [1.29, 1.82) is 0 Å². The first-order valence-electron chi connectivity index (χ1n) is 4.96. The first-order chi connectivity index (χ1) is 8.01. The third kappa shape index (κ3) is 2.91. The highest BCUT2D eigenvalue weighted by molar-refractivity contribution is 5.77. The molecule has 0 aliphatic carbocycles. The van der Waals surface area contributed by atoms with Gasteiger partial charge in [-0.05, 0) is 6.92 Å². The minimum atomic E-state index is -1.49. The lowest BCUT2D eigenvalue weighted by molar-refractivity contribution is -0.145. The average molecular weight is 245 g/mol. The van der Waals surface area contributed by atoms with E-state index in [4.69, 9.17) is 5.73 Å². The van der Waals surface area contributed by atoms with Crippen molar-refractivity contribution in [3.63, 3.8) is 0 Å². The molecular formula is C11H13F2NO3. The molecule has 0 spiro atoms. The van der Waals surface area contributed by atoms with Gasteiger partial charge in [0.1, 0.15) is 23.4 Å². The van der Waals surface area contributed by atoms with Crippen LogP contribution in [-0.2, 0) is 9.53 Å². The Hall–Kier alpha value is -1.69. The fourth-order valence-electron chi connectivity index (χ4n) is 1.33. The molecule has 4 nitrogen and oxygen atoms in total. The maximum Gasteiger partial charge on any atom is 0.327 e. The predicted molar refractivity (Wildman–Crippen MR) is 56.5 cm³/mol. The molecule has 1 atom stereocenters. The van der Waals surface area contributed by atoms with Crippen LogP contribution < -0.4 is 10.5 Å². The van der Waals surface area contributed by atoms with Crippen LogP contribution in [0.5, 0.6) is 5.75 Å². The van der Waals surface area contributed by atoms with Crippen LogP contribution in [0.3, 0.4) is 0 Å². The number of carbonyl (C=O) groups is 1. The van der Waals surface area contributed by atoms with E-state index in [1.165, 1.54) is 7.11 Å². The molecule has 94 valence electrons. The van der Waals surface area contributed by atoms with Crippen LogP contribution in [0.4, 0.5) is 8.78 Å². The summed E-state index contributed by atoms with van der Waals surface area (Å²) in [6, 6.07) is 0.426. The van der Waals surface area contributed by atoms with E-state index in [2.05, 4.69) is 9.47 Å². The van der Waals surface area contributed by atoms with Gasteiger partial charge in [0.15, 0.2) is 0 Å². The summed E-state index contributed by atoms with van der Waals surface area (Å²) in [6.45, 7) is 1.66. The van der Waals surface area contributed by atoms with E-state index in [1.54, 1.807) is 6.92 Å². The lowest BCUT2D eigenvalue weighted by atomic mass is 10.1. The van der Waals surface area contributed by atoms with Gasteiger partial charge < -0.3 is 15.2 Å². The Bertz CT molecular complexity index is 400. The van der Waals surface area contributed by atoms with Crippen molar-refractivity contribution >= 4 is 5.97 Å². The van der Waals surface area contributed by atoms with E-state index >= 15 is 0 Å². The number of benzene rings is 1. The summed E-state index contributed by atoms with van der Waals surface area (Å²) < 4.78 is 36.4. The number of halogens is 2. The summed E-state index contributed by atoms with van der Waals surface area (Å²) in [7, 11) is 1.28. The number of methoxy groups -OCH3 is 1. The zero-order chi connectivity index (χ0) is 13.0. The third-order valence-electron chi connectivity index (χ3n) is 2.14. The number of ether oxygens (including phenoxy) is 2. The highest BCUT2D eigenvalue weighted by Gasteiger charge is 2.25. The van der Waals surface area contributed by atoms with Crippen LogP contribution in [-0.4, -0.2) is 19.7 Å². The summed E-state index contributed by atoms with van der Waals surface area (Å²) in [6.07, 6.45) is 0. The fraction of sp³-hybridized carbons (Fsp3) is 0.364. The summed E-state index contributed by atoms with van der Waals surface area (Å²) in [4.78, 5) is 11.3. The smallest absolute Gasteiger partial charge is 0.327 e. The van der Waals surface area contributed by atoms with Gasteiger partial charge in [-0.3, -0.25) is 0 Å². The van der Waals surface area contributed by atoms with Gasteiger partial charge in [0.25, 0.3) is 0 Å². The van der Waals surface area contributed by atoms with Gasteiger partial charge in [0.2, 0.25) is 0 Å². The van der Waals surface area contributed by atoms with Crippen LogP contribution in [0.25, 0.3) is 0 Å². The highest BCUT2D eigenvalue weighted by Crippen LogP contribution is 2.25. The maximum absolute atomic E-state index is 13.5. The van der Waals surface area contributed by atoms with Crippen molar-refractivity contribution < 1.29 is 23.0 Å². The van der Waals surface area contributed by atoms with Crippen molar-refractivity contribution in [3.8, 4) is 5.75 Å². The topological polar surface area (TPSA) is 61.5 Å². The molecule has 1 aromatic rings. The van der Waals surface area contributed by atoms with E-state index in [9.17, 15) is 13.6 Å². The predicted octanol–water partition coefficient (Wildman–Crippen LogP) is 1.54. The van der Waals surface area contributed by atoms with E-state index in [1.807, 2.05) is 0 Å². The standard InChI is InChI=1S/C11H13F2NO3/c1-3-17-11(15)10(14)9-7(12)4-6(16-2)5-8(9)13/h4-5,10H,3,14H2,1-2H3. The van der Waals surface area contributed by atoms with Gasteiger partial charge in [-0.25, -0.2) is 13.6 Å². The molecule has 17 heavy (non-hydrogen) atoms. The third-order valence-corrected chi connectivity index (χ3v) is 2.14. The Morgan fingerprint density at radius 2 is 1.94 bits per heavy atom. The molecule has 2 N–H and O–H groups in total. The quantitative estimate of drug-likeness (QED) is 0.817. The first-order valence-corrected chi connectivity index (χ1v) is 4.96. The molecule has 1 aromatic carbocycles. The minimum absolute atomic E-state index is 0.0137. The van der Waals surface area contributed by atoms with E-state index in [-0.39, 0.29) is 12.4 Å². The second kappa shape index (κ2) is 5.58. The monoisotopic (exact) mass is 245 g/mol. The van der Waals surface area contributed by atoms with Crippen molar-refractivity contribution in [2.24, 2.45) is 5.73 Å². The lowest BCUT2D eigenvalue weighted by Crippen LogP contribution is -2.26. The number of hydrogen-bond acceptors (Lipinski definition) is 4. The van der Waals surface area contributed by atoms with Crippen LogP contribution in [0.2, 0.25) is 0 Å². The second-order valence-corrected chi connectivity index (χ2v) is 3.23. The van der Waals surface area contributed by atoms with Crippen molar-refractivity contribution in [2.75, 3.05) is 13.7 Å². The van der Waals surface area contributed by atoms with Crippen molar-refractivity contribution in [1.82, 2.24) is 0 Å². The number of esters is 1. The Balaban J connectivity index is 3.09. The normalized spacial score (nSPS) is 12.1. The van der Waals surface area contributed by atoms with Crippen LogP contribution in [0.1, 0.15) is 18.5 Å². The Labute approximate surface area is 97.3 Å². The summed E-state index contributed by atoms with van der Waals surface area (Å²) in [5, 5.41) is 0. The zero-order valence-electron chi connectivity index (χ0n) is 9.50. The number of nitrogens with two attached hydrogens (primary N) is 1. The van der Waals surface area contributed by atoms with Crippen LogP contribution >= 0.6 is 0 Å². The Kier molecular flexibility index (Phi) is 4.39. The van der Waals surface area contributed by atoms with Crippen molar-refractivity contribution in [3.05, 3.63) is 29.3 Å². The molecule has 0 aromatic heterocycles. The van der Waals surface area contributed by atoms with Gasteiger partial charge in [-0.15, -0.1) is 0 Å². The Morgan fingerprint density at radius 3 is 2.35 bits per heavy atom. The molecular weight excluding hydrogens is 232 g/mol. The zero-order valence-corrected chi connectivity index (χ0v) is 9.50. The summed E-state index contributed by atoms with van der Waals surface area (Å²) in [5.41, 5.74) is 4.90. The largest absolute Gasteiger partial charge is 0.497 e. The molecule has 0 aliphatic heterocycles. The average Bonchev–Trinajstić information content (AvgIpc) is 2.28. The van der Waals surface area contributed by atoms with Gasteiger partial charge >= 0.3 is 5.97 Å². The molecule has 0 amide bonds. The SMILES string of the molecule is CCOC(=O)C(N)c1c(F)cc(OC)cc1F. The number of rotatable bonds is 4. The molecule has 0 aliphatic rings. The summed E-state index contributed by atoms with van der Waals surface area (Å²) >= 11 is 0. The molecule has 0 heterocycles. The van der Waals surface area contributed by atoms with Gasteiger partial charge in [0, 0.05) is 12.1 Å². The highest BCUT2D eigenvalue weighted by atomic mass is 19.1. The Morgan fingerprint density at radius 1 is 1.41 bits per heavy atom. The van der Waals surface area contributed by atoms with E-state index in [0.29, 0.717) is 0 Å². The van der Waals surface area contributed by atoms with Crippen molar-refractivity contribution in [2.45, 2.75) is 13.0 Å². The molecule has 0 fully saturated rings. The van der Waals surface area contributed by atoms with Gasteiger partial charge in [-0.2, -0.15) is 0 Å². The van der Waals surface area contributed by atoms with Crippen LogP contribution in [0.15, 0.2) is 12.1 Å².